The van der Waals surface area contributed by atoms with E-state index >= 15 is 0 Å². The normalized spacial score (nSPS) is 37.9. The zero-order valence-electron chi connectivity index (χ0n) is 46.1. The number of rotatable bonds is 19. The average molecular weight is 1050 g/mol. The molecule has 20 heteroatoms. The second-order valence-corrected chi connectivity index (χ2v) is 22.2. The molecule has 3 fully saturated rings. The van der Waals surface area contributed by atoms with Crippen LogP contribution in [0.2, 0.25) is 0 Å². The van der Waals surface area contributed by atoms with E-state index in [2.05, 4.69) is 15.2 Å². The molecule has 4 heterocycles. The van der Waals surface area contributed by atoms with Crippen LogP contribution < -0.4 is 5.48 Å². The van der Waals surface area contributed by atoms with Gasteiger partial charge in [0.25, 0.3) is 0 Å². The number of methoxy groups -OCH3 is 2. The summed E-state index contributed by atoms with van der Waals surface area (Å²) in [5.41, 5.74) is -0.0853. The Balaban J connectivity index is 1.40. The largest absolute Gasteiger partial charge is 0.459 e. The van der Waals surface area contributed by atoms with Gasteiger partial charge in [0.15, 0.2) is 12.6 Å². The van der Waals surface area contributed by atoms with Crippen molar-refractivity contribution in [3.8, 4) is 11.3 Å². The van der Waals surface area contributed by atoms with E-state index < -0.39 is 108 Å². The number of aliphatic hydroxyl groups is 4. The Morgan fingerprint density at radius 2 is 1.53 bits per heavy atom. The van der Waals surface area contributed by atoms with Gasteiger partial charge in [-0.25, -0.2) is 5.48 Å². The van der Waals surface area contributed by atoms with Gasteiger partial charge in [-0.1, -0.05) is 76.4 Å². The fourth-order valence-corrected chi connectivity index (χ4v) is 11.4. The lowest BCUT2D eigenvalue weighted by Gasteiger charge is -2.50. The Morgan fingerprint density at radius 1 is 0.878 bits per heavy atom. The Bertz CT molecular complexity index is 2100. The van der Waals surface area contributed by atoms with Crippen LogP contribution in [-0.2, 0) is 60.6 Å². The maximum absolute atomic E-state index is 14.5. The molecule has 0 unspecified atom stereocenters. The summed E-state index contributed by atoms with van der Waals surface area (Å²) in [5, 5.41) is 64.3. The number of aliphatic hydroxyl groups excluding tert-OH is 3. The molecule has 3 saturated heterocycles. The third-order valence-electron chi connectivity index (χ3n) is 16.3. The van der Waals surface area contributed by atoms with Gasteiger partial charge in [-0.2, -0.15) is 0 Å². The zero-order valence-corrected chi connectivity index (χ0v) is 46.1. The van der Waals surface area contributed by atoms with Crippen LogP contribution in [0.5, 0.6) is 0 Å². The molecule has 0 bridgehead atoms. The molecule has 0 spiro atoms. The summed E-state index contributed by atoms with van der Waals surface area (Å²) in [5.74, 6) is -5.11. The number of ketones is 1. The molecule has 5 rings (SSSR count). The monoisotopic (exact) mass is 1050 g/mol. The number of carbonyl (C=O) groups is 3. The van der Waals surface area contributed by atoms with Crippen LogP contribution >= 0.6 is 0 Å². The summed E-state index contributed by atoms with van der Waals surface area (Å²) in [6.07, 6.45) is -2.86. The molecule has 2 aromatic rings. The number of hydrogen-bond acceptors (Lipinski definition) is 18. The van der Waals surface area contributed by atoms with Crippen molar-refractivity contribution in [1.29, 1.82) is 0 Å². The van der Waals surface area contributed by atoms with Crippen LogP contribution in [0.4, 0.5) is 0 Å². The van der Waals surface area contributed by atoms with E-state index in [1.54, 1.807) is 53.9 Å². The Hall–Kier alpha value is -3.51. The number of nitrogens with one attached hydrogen (secondary N) is 1. The number of aryl methyl sites for hydroxylation is 1. The summed E-state index contributed by atoms with van der Waals surface area (Å²) >= 11 is 0. The molecule has 6 N–H and O–H groups in total. The van der Waals surface area contributed by atoms with Gasteiger partial charge in [-0.15, -0.1) is 5.10 Å². The molecular weight excluding hydrogens is 959 g/mol. The lowest BCUT2D eigenvalue weighted by molar-refractivity contribution is -0.319. The lowest BCUT2D eigenvalue weighted by Crippen LogP contribution is -2.61. The minimum Gasteiger partial charge on any atom is -0.459 e. The lowest BCUT2D eigenvalue weighted by atomic mass is 9.74. The van der Waals surface area contributed by atoms with E-state index in [1.807, 2.05) is 56.0 Å². The van der Waals surface area contributed by atoms with Crippen molar-refractivity contribution >= 4 is 17.7 Å². The fraction of sp³-hybridized carbons (Fsp3) is 0.796. The van der Waals surface area contributed by atoms with Crippen molar-refractivity contribution in [2.75, 3.05) is 21.3 Å². The molecule has 3 aliphatic heterocycles. The first-order valence-corrected chi connectivity index (χ1v) is 26.7. The van der Waals surface area contributed by atoms with Crippen molar-refractivity contribution in [2.24, 2.45) is 23.7 Å². The van der Waals surface area contributed by atoms with Gasteiger partial charge in [-0.05, 0) is 86.3 Å². The Morgan fingerprint density at radius 3 is 2.16 bits per heavy atom. The second kappa shape index (κ2) is 26.7. The molecule has 3 aliphatic rings. The number of hydrogen-bond donors (Lipinski definition) is 6. The average Bonchev–Trinajstić information content (AvgIpc) is 3.85. The maximum atomic E-state index is 14.5. The predicted molar refractivity (Wildman–Crippen MR) is 272 cm³/mol. The first-order valence-electron chi connectivity index (χ1n) is 26.7. The van der Waals surface area contributed by atoms with Crippen LogP contribution in [0, 0.1) is 23.7 Å². The molecule has 0 radical (unpaired) electrons. The number of ether oxygens (including phenoxy) is 7. The van der Waals surface area contributed by atoms with Gasteiger partial charge in [0.05, 0.1) is 53.8 Å². The highest BCUT2D eigenvalue weighted by atomic mass is 16.7. The van der Waals surface area contributed by atoms with E-state index in [-0.39, 0.29) is 37.1 Å². The van der Waals surface area contributed by atoms with E-state index in [9.17, 15) is 34.8 Å². The number of hydroxylamine groups is 1. The third-order valence-corrected chi connectivity index (χ3v) is 16.3. The van der Waals surface area contributed by atoms with E-state index in [1.165, 1.54) is 21.1 Å². The number of amides is 1. The quantitative estimate of drug-likeness (QED) is 0.0462. The van der Waals surface area contributed by atoms with Crippen molar-refractivity contribution < 1.29 is 73.2 Å². The first kappa shape index (κ1) is 61.3. The number of cyclic esters (lactones) is 1. The van der Waals surface area contributed by atoms with Gasteiger partial charge in [0.1, 0.15) is 35.4 Å². The van der Waals surface area contributed by atoms with Gasteiger partial charge >= 0.3 is 5.97 Å². The van der Waals surface area contributed by atoms with Crippen LogP contribution in [0.25, 0.3) is 11.3 Å². The first-order chi connectivity index (χ1) is 34.8. The minimum absolute atomic E-state index is 0.0642. The number of aromatic nitrogens is 3. The molecule has 1 aromatic carbocycles. The molecule has 0 aliphatic carbocycles. The highest BCUT2D eigenvalue weighted by molar-refractivity contribution is 5.83. The summed E-state index contributed by atoms with van der Waals surface area (Å²) in [6, 6.07) is 7.61. The summed E-state index contributed by atoms with van der Waals surface area (Å²) in [4.78, 5) is 42.1. The highest BCUT2D eigenvalue weighted by Crippen LogP contribution is 2.42. The molecule has 1 aromatic heterocycles. The highest BCUT2D eigenvalue weighted by Gasteiger charge is 2.54. The minimum atomic E-state index is -2.01. The van der Waals surface area contributed by atoms with Crippen molar-refractivity contribution in [1.82, 2.24) is 25.4 Å². The zero-order chi connectivity index (χ0) is 54.9. The standard InChI is InChI=1S/C54H89N5O15/c1-14-41-54(10,66)47(63)33(4)44(61)31(2)27-53(9,69-13)49(34(5)46(35(6)50(65)72-41)73-43-28-52(8,68-12)48(64)36(7)71-43)74-51-45(62)40(26-32(3)70-51)58(11)29-37-21-23-38(24-22-37)39-30-59(57-55-39)25-19-17-15-16-18-20-42(60)56-67/h21-24,30-36,40-41,43,45-49,51,62-64,66-67H,14-20,25-29H2,1-13H3,(H,56,60)/t31-,32-,33+,34+,35-,36+,40+,41-,43+,45-,46+,47-,48+,49-,51+,52-,53-,54-/m1/s1. The molecule has 420 valence electrons. The van der Waals surface area contributed by atoms with Gasteiger partial charge < -0.3 is 53.6 Å². The molecular formula is C54H89N5O15. The Kier molecular flexibility index (Phi) is 22.1. The number of esters is 1. The van der Waals surface area contributed by atoms with Gasteiger partial charge in [0, 0.05) is 69.5 Å². The van der Waals surface area contributed by atoms with E-state index in [0.29, 0.717) is 19.4 Å². The predicted octanol–water partition coefficient (Wildman–Crippen LogP) is 5.11. The van der Waals surface area contributed by atoms with Gasteiger partial charge in [-0.3, -0.25) is 29.2 Å². The fourth-order valence-electron chi connectivity index (χ4n) is 11.4. The van der Waals surface area contributed by atoms with Crippen molar-refractivity contribution in [3.63, 3.8) is 0 Å². The van der Waals surface area contributed by atoms with Crippen molar-refractivity contribution in [3.05, 3.63) is 36.0 Å². The molecule has 0 saturated carbocycles. The van der Waals surface area contributed by atoms with Gasteiger partial charge in [0.2, 0.25) is 5.91 Å². The number of carbonyl (C=O) groups excluding carboxylic acids is 3. The number of unbranched alkanes of at least 4 members (excludes halogenated alkanes) is 4. The summed E-state index contributed by atoms with van der Waals surface area (Å²) < 4.78 is 46.7. The maximum Gasteiger partial charge on any atom is 0.311 e. The smallest absolute Gasteiger partial charge is 0.311 e. The number of nitrogens with zero attached hydrogens (tertiary/aromatic N) is 4. The Labute approximate surface area is 438 Å². The van der Waals surface area contributed by atoms with Crippen LogP contribution in [0.3, 0.4) is 0 Å². The molecule has 18 atom stereocenters. The third kappa shape index (κ3) is 14.7. The van der Waals surface area contributed by atoms with Crippen LogP contribution in [0.15, 0.2) is 30.5 Å². The SMILES string of the molecule is CC[C@H]1OC(=O)[C@H](C)[C@@H](O[C@H]2C[C@@](C)(OC)[C@@H](O)[C@H](C)O2)[C@H](C)[C@@H](O[C@@H]2O[C@H](C)C[C@H](N(C)Cc3ccc(-c4cn(CCCCCCCC(=O)NO)nn4)cc3)[C@H]2O)[C@](C)(OC)C[C@@H](C)C(=O)[C@H](C)[C@@H](O)[C@]1(C)O. The molecule has 1 amide bonds. The number of Topliss-reactive ketones (excluding diaryl/α,β-unsaturated/α-hetero) is 1. The van der Waals surface area contributed by atoms with E-state index in [0.717, 1.165) is 55.5 Å². The summed E-state index contributed by atoms with van der Waals surface area (Å²) in [7, 11) is 4.94. The number of likely N-dealkylation sites (N-methyl/N-ethyl adjacent to an activating group) is 1. The van der Waals surface area contributed by atoms with Crippen molar-refractivity contribution in [2.45, 2.75) is 231 Å². The molecule has 20 nitrogen and oxygen atoms in total. The number of benzene rings is 1. The molecule has 74 heavy (non-hydrogen) atoms. The second-order valence-electron chi connectivity index (χ2n) is 22.2. The van der Waals surface area contributed by atoms with Crippen LogP contribution in [0.1, 0.15) is 139 Å². The van der Waals surface area contributed by atoms with E-state index in [4.69, 9.17) is 38.4 Å². The summed E-state index contributed by atoms with van der Waals surface area (Å²) in [6.45, 7) is 18.2. The topological polar surface area (TPSA) is 263 Å². The van der Waals surface area contributed by atoms with Crippen LogP contribution in [-0.4, -0.2) is 169 Å².